The van der Waals surface area contributed by atoms with E-state index in [0.717, 1.165) is 82.0 Å². The molecular weight excluding hydrogens is 750 g/mol. The van der Waals surface area contributed by atoms with E-state index in [0.29, 0.717) is 41.4 Å². The quantitative estimate of drug-likeness (QED) is 0.150. The van der Waals surface area contributed by atoms with Crippen molar-refractivity contribution in [3.8, 4) is 22.6 Å². The number of rotatable bonds is 8. The number of likely N-dealkylation sites (tertiary alicyclic amines) is 1. The summed E-state index contributed by atoms with van der Waals surface area (Å²) in [6.07, 6.45) is 5.43. The number of nitrogens with two attached hydrogens (primary N) is 1. The molecule has 286 valence electrons. The van der Waals surface area contributed by atoms with E-state index in [1.807, 2.05) is 43.3 Å². The Kier molecular flexibility index (Phi) is 10.6. The number of thiophene rings is 1. The van der Waals surface area contributed by atoms with Crippen molar-refractivity contribution in [2.45, 2.75) is 64.8 Å². The minimum atomic E-state index is -0.658. The molecule has 4 aliphatic heterocycles. The van der Waals surface area contributed by atoms with Crippen LogP contribution in [0.25, 0.3) is 5.00 Å². The summed E-state index contributed by atoms with van der Waals surface area (Å²) in [6.45, 7) is 7.80. The zero-order valence-corrected chi connectivity index (χ0v) is 32.6. The van der Waals surface area contributed by atoms with Crippen molar-refractivity contribution in [3.63, 3.8) is 0 Å². The van der Waals surface area contributed by atoms with Crippen LogP contribution in [0.1, 0.15) is 74.8 Å². The van der Waals surface area contributed by atoms with E-state index >= 15 is 0 Å². The number of hydrogen-bond acceptors (Lipinski definition) is 11. The normalized spacial score (nSPS) is 18.9. The van der Waals surface area contributed by atoms with Gasteiger partial charge in [-0.2, -0.15) is 0 Å². The van der Waals surface area contributed by atoms with Crippen LogP contribution in [0.4, 0.5) is 0 Å². The first kappa shape index (κ1) is 37.3. The molecule has 1 atom stereocenters. The van der Waals surface area contributed by atoms with Gasteiger partial charge < -0.3 is 20.3 Å². The Labute approximate surface area is 333 Å². The summed E-state index contributed by atoms with van der Waals surface area (Å²) in [4.78, 5) is 51.8. The number of piperidine rings is 2. The molecule has 3 amide bonds. The maximum atomic E-state index is 13.2. The molecule has 15 heteroatoms. The summed E-state index contributed by atoms with van der Waals surface area (Å²) in [7, 11) is 0. The number of aliphatic imine (C=N–C) groups is 2. The summed E-state index contributed by atoms with van der Waals surface area (Å²) in [5, 5.41) is 12.7. The molecule has 6 heterocycles. The highest BCUT2D eigenvalue weighted by molar-refractivity contribution is 7.15. The Bertz CT molecular complexity index is 2380. The van der Waals surface area contributed by atoms with Crippen LogP contribution >= 0.6 is 22.9 Å². The lowest BCUT2D eigenvalue weighted by Gasteiger charge is -2.32. The number of imide groups is 1. The van der Waals surface area contributed by atoms with Crippen molar-refractivity contribution in [1.82, 2.24) is 29.9 Å². The molecule has 0 bridgehead atoms. The molecule has 56 heavy (non-hydrogen) atoms. The maximum absolute atomic E-state index is 13.2. The van der Waals surface area contributed by atoms with Gasteiger partial charge in [0.05, 0.1) is 29.3 Å². The van der Waals surface area contributed by atoms with E-state index in [1.54, 1.807) is 28.5 Å². The average Bonchev–Trinajstić information content (AvgIpc) is 3.80. The number of carbonyl (C=O) groups is 3. The zero-order valence-electron chi connectivity index (χ0n) is 31.0. The monoisotopic (exact) mass is 789 g/mol. The van der Waals surface area contributed by atoms with Crippen LogP contribution in [-0.4, -0.2) is 92.5 Å². The standard InChI is InChI=1S/C41H40ClN9O4S/c1-24-34(56-41-37(24)38(27-7-9-28(42)10-8-27)45-22-35-48-47-25(2)51(35)41)12-6-26(20-43)21-44-16-19-49-17-14-29(15-18-49)55-33-5-3-4-30-31(33)23-50(40(30)54)32-11-13-36(52)46-39(32)53/h3-5,7-10,20-21,29,32H,11,13-19,22-23,43H2,1-2H3,(H,46,52,53). The van der Waals surface area contributed by atoms with Crippen LogP contribution in [0.3, 0.4) is 0 Å². The third-order valence-electron chi connectivity index (χ3n) is 10.6. The Morgan fingerprint density at radius 3 is 2.68 bits per heavy atom. The second kappa shape index (κ2) is 15.9. The number of fused-ring (bicyclic) bond motifs is 4. The molecule has 3 N–H and O–H groups in total. The van der Waals surface area contributed by atoms with Crippen molar-refractivity contribution >= 4 is 52.6 Å². The van der Waals surface area contributed by atoms with Gasteiger partial charge >= 0.3 is 0 Å². The predicted molar refractivity (Wildman–Crippen MR) is 215 cm³/mol. The molecule has 0 radical (unpaired) electrons. The molecule has 0 saturated carbocycles. The second-order valence-corrected chi connectivity index (χ2v) is 15.6. The third-order valence-corrected chi connectivity index (χ3v) is 12.0. The molecule has 13 nitrogen and oxygen atoms in total. The van der Waals surface area contributed by atoms with E-state index in [1.165, 1.54) is 6.20 Å². The van der Waals surface area contributed by atoms with Crippen molar-refractivity contribution in [2.75, 3.05) is 26.2 Å². The summed E-state index contributed by atoms with van der Waals surface area (Å²) >= 11 is 7.79. The SMILES string of the molecule is Cc1c(C#CC(C=NCCN2CCC(Oc3cccc4c3CN(C3CCC(=O)NC3=O)C4=O)CC2)=CN)sc2c1C(c1ccc(Cl)cc1)=NCc1nnc(C)n1-2. The fourth-order valence-electron chi connectivity index (χ4n) is 7.60. The number of aromatic nitrogens is 3. The number of nitrogens with one attached hydrogen (secondary N) is 1. The van der Waals surface area contributed by atoms with E-state index in [2.05, 4.69) is 48.7 Å². The molecule has 4 aromatic rings. The first-order valence-electron chi connectivity index (χ1n) is 18.6. The fourth-order valence-corrected chi connectivity index (χ4v) is 8.96. The van der Waals surface area contributed by atoms with Gasteiger partial charge in [0, 0.05) is 65.7 Å². The summed E-state index contributed by atoms with van der Waals surface area (Å²) in [6, 6.07) is 12.5. The molecule has 2 aromatic heterocycles. The van der Waals surface area contributed by atoms with Crippen molar-refractivity contribution < 1.29 is 19.1 Å². The fraction of sp³-hybridized carbons (Fsp3) is 0.341. The van der Waals surface area contributed by atoms with Gasteiger partial charge in [0.25, 0.3) is 5.91 Å². The largest absolute Gasteiger partial charge is 0.490 e. The van der Waals surface area contributed by atoms with Gasteiger partial charge in [0.1, 0.15) is 35.3 Å². The highest BCUT2D eigenvalue weighted by atomic mass is 35.5. The second-order valence-electron chi connectivity index (χ2n) is 14.2. The third kappa shape index (κ3) is 7.37. The maximum Gasteiger partial charge on any atom is 0.255 e. The summed E-state index contributed by atoms with van der Waals surface area (Å²) in [5.74, 6) is 7.88. The minimum absolute atomic E-state index is 0.00731. The molecule has 8 rings (SSSR count). The molecule has 2 aromatic carbocycles. The van der Waals surface area contributed by atoms with Crippen LogP contribution in [0, 0.1) is 25.7 Å². The van der Waals surface area contributed by atoms with Crippen LogP contribution in [0.2, 0.25) is 5.02 Å². The summed E-state index contributed by atoms with van der Waals surface area (Å²) in [5.41, 5.74) is 11.8. The Morgan fingerprint density at radius 2 is 1.91 bits per heavy atom. The van der Waals surface area contributed by atoms with Gasteiger partial charge in [0.15, 0.2) is 5.82 Å². The minimum Gasteiger partial charge on any atom is -0.490 e. The number of nitrogens with zero attached hydrogens (tertiary/aromatic N) is 7. The van der Waals surface area contributed by atoms with E-state index < -0.39 is 11.9 Å². The van der Waals surface area contributed by atoms with Crippen molar-refractivity contribution in [2.24, 2.45) is 15.7 Å². The van der Waals surface area contributed by atoms with Gasteiger partial charge in [-0.3, -0.25) is 34.3 Å². The number of hydrogen-bond donors (Lipinski definition) is 2. The van der Waals surface area contributed by atoms with E-state index in [9.17, 15) is 14.4 Å². The first-order chi connectivity index (χ1) is 27.2. The highest BCUT2D eigenvalue weighted by Crippen LogP contribution is 2.37. The number of carbonyl (C=O) groups excluding carboxylic acids is 3. The Hall–Kier alpha value is -5.62. The molecule has 1 unspecified atom stereocenters. The molecule has 2 saturated heterocycles. The van der Waals surface area contributed by atoms with Gasteiger partial charge in [-0.25, -0.2) is 0 Å². The van der Waals surface area contributed by atoms with Crippen LogP contribution < -0.4 is 15.8 Å². The predicted octanol–water partition coefficient (Wildman–Crippen LogP) is 4.52. The number of allylic oxidation sites excluding steroid dienone is 1. The number of ether oxygens (including phenoxy) is 1. The van der Waals surface area contributed by atoms with Crippen LogP contribution in [0.5, 0.6) is 5.75 Å². The first-order valence-corrected chi connectivity index (χ1v) is 19.8. The Morgan fingerprint density at radius 1 is 1.11 bits per heavy atom. The molecule has 2 fully saturated rings. The van der Waals surface area contributed by atoms with Crippen molar-refractivity contribution in [3.05, 3.63) is 104 Å². The lowest BCUT2D eigenvalue weighted by molar-refractivity contribution is -0.136. The Balaban J connectivity index is 0.869. The summed E-state index contributed by atoms with van der Waals surface area (Å²) < 4.78 is 8.52. The lowest BCUT2D eigenvalue weighted by Crippen LogP contribution is -2.52. The zero-order chi connectivity index (χ0) is 38.9. The number of aryl methyl sites for hydroxylation is 1. The number of benzene rings is 2. The van der Waals surface area contributed by atoms with Gasteiger partial charge in [-0.1, -0.05) is 41.6 Å². The highest BCUT2D eigenvalue weighted by Gasteiger charge is 2.40. The van der Waals surface area contributed by atoms with E-state index in [4.69, 9.17) is 27.1 Å². The number of amides is 3. The molecule has 4 aliphatic rings. The average molecular weight is 790 g/mol. The molecule has 0 aliphatic carbocycles. The molecule has 0 spiro atoms. The van der Waals surface area contributed by atoms with Gasteiger partial charge in [-0.05, 0) is 62.9 Å². The number of halogens is 1. The van der Waals surface area contributed by atoms with Gasteiger partial charge in [-0.15, -0.1) is 21.5 Å². The van der Waals surface area contributed by atoms with Crippen LogP contribution in [-0.2, 0) is 22.7 Å². The lowest BCUT2D eigenvalue weighted by atomic mass is 10.00. The molecular formula is C41H40ClN9O4S. The van der Waals surface area contributed by atoms with E-state index in [-0.39, 0.29) is 30.9 Å². The van der Waals surface area contributed by atoms with Crippen molar-refractivity contribution in [1.29, 1.82) is 0 Å². The smallest absolute Gasteiger partial charge is 0.255 e. The van der Waals surface area contributed by atoms with Gasteiger partial charge in [0.2, 0.25) is 11.8 Å². The topological polar surface area (TPSA) is 160 Å². The van der Waals surface area contributed by atoms with Crippen LogP contribution in [0.15, 0.2) is 64.2 Å².